The fourth-order valence-electron chi connectivity index (χ4n) is 3.39. The van der Waals surface area contributed by atoms with Crippen LogP contribution in [0.1, 0.15) is 63.2 Å². The summed E-state index contributed by atoms with van der Waals surface area (Å²) in [5.74, 6) is 1.21. The summed E-state index contributed by atoms with van der Waals surface area (Å²) in [6.45, 7) is 7.13. The van der Waals surface area contributed by atoms with E-state index in [-0.39, 0.29) is 5.75 Å². The van der Waals surface area contributed by atoms with Gasteiger partial charge in [-0.3, -0.25) is 4.79 Å². The van der Waals surface area contributed by atoms with Crippen LogP contribution in [0.25, 0.3) is 10.8 Å². The summed E-state index contributed by atoms with van der Waals surface area (Å²) in [4.78, 5) is 10.7. The van der Waals surface area contributed by atoms with Gasteiger partial charge in [-0.05, 0) is 35.6 Å². The van der Waals surface area contributed by atoms with Crippen LogP contribution in [0.4, 0.5) is 0 Å². The molecule has 0 aliphatic heterocycles. The van der Waals surface area contributed by atoms with Crippen LogP contribution in [0, 0.1) is 11.3 Å². The van der Waals surface area contributed by atoms with Crippen molar-refractivity contribution in [1.82, 2.24) is 0 Å². The molecule has 0 saturated heterocycles. The lowest BCUT2D eigenvalue weighted by molar-refractivity contribution is 0.112. The number of hydrogen-bond donors (Lipinski definition) is 1. The maximum absolute atomic E-state index is 10.7. The molecule has 1 saturated carbocycles. The number of fused-ring (bicyclic) bond motifs is 1. The van der Waals surface area contributed by atoms with E-state index in [4.69, 9.17) is 0 Å². The van der Waals surface area contributed by atoms with Crippen LogP contribution in [-0.4, -0.2) is 11.4 Å². The Balaban J connectivity index is 0.000000174. The molecular weight excluding hydrogens is 284 g/mol. The zero-order chi connectivity index (χ0) is 16.9. The van der Waals surface area contributed by atoms with Crippen LogP contribution in [0.2, 0.25) is 0 Å². The summed E-state index contributed by atoms with van der Waals surface area (Å²) in [6.07, 6.45) is 8.17. The lowest BCUT2D eigenvalue weighted by Gasteiger charge is -2.33. The summed E-state index contributed by atoms with van der Waals surface area (Å²) < 4.78 is 0. The molecule has 2 aromatic rings. The molecule has 2 heteroatoms. The fraction of sp³-hybridized carbons (Fsp3) is 0.476. The quantitative estimate of drug-likeness (QED) is 0.658. The molecule has 0 radical (unpaired) electrons. The first-order valence-corrected chi connectivity index (χ1v) is 8.59. The molecule has 124 valence electrons. The topological polar surface area (TPSA) is 37.3 Å². The van der Waals surface area contributed by atoms with Crippen molar-refractivity contribution in [2.75, 3.05) is 0 Å². The van der Waals surface area contributed by atoms with E-state index < -0.39 is 0 Å². The number of carbonyl (C=O) groups is 1. The predicted octanol–water partition coefficient (Wildman–Crippen LogP) is 5.97. The van der Waals surface area contributed by atoms with E-state index in [0.29, 0.717) is 16.4 Å². The van der Waals surface area contributed by atoms with Crippen LogP contribution in [0.5, 0.6) is 5.75 Å². The van der Waals surface area contributed by atoms with Gasteiger partial charge in [-0.2, -0.15) is 0 Å². The van der Waals surface area contributed by atoms with Crippen LogP contribution in [0.15, 0.2) is 36.4 Å². The molecule has 3 rings (SSSR count). The third-order valence-electron chi connectivity index (χ3n) is 4.89. The number of hydrogen-bond acceptors (Lipinski definition) is 2. The summed E-state index contributed by atoms with van der Waals surface area (Å²) in [7, 11) is 0. The molecule has 0 spiro atoms. The van der Waals surface area contributed by atoms with Crippen molar-refractivity contribution >= 4 is 17.1 Å². The fourth-order valence-corrected chi connectivity index (χ4v) is 3.39. The molecule has 1 N–H and O–H groups in total. The lowest BCUT2D eigenvalue weighted by atomic mass is 9.72. The van der Waals surface area contributed by atoms with E-state index in [1.54, 1.807) is 30.3 Å². The van der Waals surface area contributed by atoms with Gasteiger partial charge in [0.2, 0.25) is 0 Å². The van der Waals surface area contributed by atoms with Gasteiger partial charge in [-0.1, -0.05) is 70.4 Å². The van der Waals surface area contributed by atoms with E-state index in [2.05, 4.69) is 20.8 Å². The molecular formula is C21H28O2. The number of carbonyl (C=O) groups excluding carboxylic acids is 1. The third kappa shape index (κ3) is 4.57. The Morgan fingerprint density at radius 2 is 1.57 bits per heavy atom. The Morgan fingerprint density at radius 3 is 2.13 bits per heavy atom. The first-order chi connectivity index (χ1) is 10.9. The first-order valence-electron chi connectivity index (χ1n) is 8.59. The Hall–Kier alpha value is -1.83. The van der Waals surface area contributed by atoms with Gasteiger partial charge in [0.05, 0.1) is 0 Å². The van der Waals surface area contributed by atoms with E-state index in [1.807, 2.05) is 6.07 Å². The van der Waals surface area contributed by atoms with Gasteiger partial charge in [0.15, 0.2) is 6.29 Å². The van der Waals surface area contributed by atoms with Gasteiger partial charge in [0.1, 0.15) is 5.75 Å². The molecule has 0 bridgehead atoms. The normalized spacial score (nSPS) is 15.8. The van der Waals surface area contributed by atoms with E-state index in [9.17, 15) is 9.90 Å². The van der Waals surface area contributed by atoms with E-state index in [1.165, 1.54) is 32.1 Å². The zero-order valence-corrected chi connectivity index (χ0v) is 14.5. The third-order valence-corrected chi connectivity index (χ3v) is 4.89. The average Bonchev–Trinajstić information content (AvgIpc) is 2.55. The SMILES string of the molecule is CC(C)(C)C1CCCCC1.O=Cc1cccc2c(O)cccc12. The highest BCUT2D eigenvalue weighted by Crippen LogP contribution is 2.37. The number of phenols is 1. The highest BCUT2D eigenvalue weighted by Gasteiger charge is 2.25. The monoisotopic (exact) mass is 312 g/mol. The molecule has 0 aromatic heterocycles. The predicted molar refractivity (Wildman–Crippen MR) is 97.0 cm³/mol. The van der Waals surface area contributed by atoms with Gasteiger partial charge < -0.3 is 5.11 Å². The van der Waals surface area contributed by atoms with Gasteiger partial charge in [-0.25, -0.2) is 0 Å². The summed E-state index contributed by atoms with van der Waals surface area (Å²) >= 11 is 0. The highest BCUT2D eigenvalue weighted by molar-refractivity contribution is 6.00. The highest BCUT2D eigenvalue weighted by atomic mass is 16.3. The van der Waals surface area contributed by atoms with Crippen LogP contribution < -0.4 is 0 Å². The Morgan fingerprint density at radius 1 is 0.957 bits per heavy atom. The average molecular weight is 312 g/mol. The second-order valence-corrected chi connectivity index (χ2v) is 7.54. The number of benzene rings is 2. The minimum Gasteiger partial charge on any atom is -0.507 e. The zero-order valence-electron chi connectivity index (χ0n) is 14.5. The lowest BCUT2D eigenvalue weighted by Crippen LogP contribution is -2.22. The molecule has 1 aliphatic rings. The van der Waals surface area contributed by atoms with Crippen LogP contribution in [0.3, 0.4) is 0 Å². The maximum atomic E-state index is 10.7. The van der Waals surface area contributed by atoms with Crippen molar-refractivity contribution in [3.8, 4) is 5.75 Å². The molecule has 1 fully saturated rings. The van der Waals surface area contributed by atoms with E-state index in [0.717, 1.165) is 17.6 Å². The van der Waals surface area contributed by atoms with Crippen molar-refractivity contribution in [3.63, 3.8) is 0 Å². The first kappa shape index (κ1) is 17.5. The largest absolute Gasteiger partial charge is 0.507 e. The molecule has 0 atom stereocenters. The number of aldehydes is 1. The van der Waals surface area contributed by atoms with Crippen molar-refractivity contribution in [2.24, 2.45) is 11.3 Å². The number of phenolic OH excluding ortho intramolecular Hbond substituents is 1. The second kappa shape index (κ2) is 7.63. The number of aromatic hydroxyl groups is 1. The smallest absolute Gasteiger partial charge is 0.150 e. The van der Waals surface area contributed by atoms with Gasteiger partial charge >= 0.3 is 0 Å². The number of rotatable bonds is 1. The Kier molecular flexibility index (Phi) is 5.81. The van der Waals surface area contributed by atoms with E-state index >= 15 is 0 Å². The van der Waals surface area contributed by atoms with Crippen molar-refractivity contribution in [2.45, 2.75) is 52.9 Å². The van der Waals surface area contributed by atoms with Crippen LogP contribution in [-0.2, 0) is 0 Å². The summed E-state index contributed by atoms with van der Waals surface area (Å²) in [5, 5.41) is 11.0. The van der Waals surface area contributed by atoms with Crippen molar-refractivity contribution in [3.05, 3.63) is 42.0 Å². The van der Waals surface area contributed by atoms with Crippen molar-refractivity contribution in [1.29, 1.82) is 0 Å². The minimum absolute atomic E-state index is 0.209. The summed E-state index contributed by atoms with van der Waals surface area (Å²) in [5.41, 5.74) is 1.17. The van der Waals surface area contributed by atoms with Crippen LogP contribution >= 0.6 is 0 Å². The standard InChI is InChI=1S/C11H8O2.C10H20/c12-7-8-3-1-5-10-9(8)4-2-6-11(10)13;1-10(2,3)9-7-5-4-6-8-9/h1-7,13H;9H,4-8H2,1-3H3. The Labute approximate surface area is 139 Å². The van der Waals surface area contributed by atoms with Gasteiger partial charge in [0.25, 0.3) is 0 Å². The molecule has 0 amide bonds. The summed E-state index contributed by atoms with van der Waals surface area (Å²) in [6, 6.07) is 10.4. The van der Waals surface area contributed by atoms with Gasteiger partial charge in [0, 0.05) is 10.9 Å². The van der Waals surface area contributed by atoms with Gasteiger partial charge in [-0.15, -0.1) is 0 Å². The molecule has 1 aliphatic carbocycles. The molecule has 2 nitrogen and oxygen atoms in total. The van der Waals surface area contributed by atoms with Crippen molar-refractivity contribution < 1.29 is 9.90 Å². The molecule has 0 heterocycles. The Bertz CT molecular complexity index is 646. The molecule has 23 heavy (non-hydrogen) atoms. The second-order valence-electron chi connectivity index (χ2n) is 7.54. The minimum atomic E-state index is 0.209. The molecule has 2 aromatic carbocycles. The molecule has 0 unspecified atom stereocenters. The maximum Gasteiger partial charge on any atom is 0.150 e.